The van der Waals surface area contributed by atoms with Gasteiger partial charge in [0, 0.05) is 47.7 Å². The summed E-state index contributed by atoms with van der Waals surface area (Å²) < 4.78 is 1.42. The molecule has 3 N–H and O–H groups in total. The minimum absolute atomic E-state index is 0.0352. The van der Waals surface area contributed by atoms with Crippen molar-refractivity contribution < 1.29 is 14.7 Å². The Morgan fingerprint density at radius 1 is 1.00 bits per heavy atom. The standard InChI is InChI=1S/C27H25N5O3/c33-25-15-21(30-26(34)20-11-13-28-14-12-20)9-10-22(25)23-16-24(19-7-4-8-19)32(31-23)27(35)29-17-18-5-2-1-3-6-18/h1-3,5-6,9-16,19,33H,4,7-8,17H2,(H,29,35)(H,30,34). The number of amides is 2. The molecule has 0 radical (unpaired) electrons. The molecule has 2 aromatic carbocycles. The zero-order valence-electron chi connectivity index (χ0n) is 19.0. The summed E-state index contributed by atoms with van der Waals surface area (Å²) in [6, 6.07) is 19.4. The molecule has 8 nitrogen and oxygen atoms in total. The maximum Gasteiger partial charge on any atom is 0.342 e. The van der Waals surface area contributed by atoms with Gasteiger partial charge in [-0.2, -0.15) is 9.78 Å². The number of phenolic OH excluding ortho intramolecular Hbond substituents is 1. The highest BCUT2D eigenvalue weighted by Crippen LogP contribution is 2.39. The molecule has 5 rings (SSSR count). The SMILES string of the molecule is O=C(Nc1ccc(-c2cc(C3CCC3)n(C(=O)NCc3ccccc3)n2)c(O)c1)c1ccncc1. The van der Waals surface area contributed by atoms with Crippen molar-refractivity contribution in [2.45, 2.75) is 31.7 Å². The van der Waals surface area contributed by atoms with Gasteiger partial charge in [0.1, 0.15) is 5.75 Å². The fourth-order valence-electron chi connectivity index (χ4n) is 4.07. The van der Waals surface area contributed by atoms with Crippen LogP contribution in [0.4, 0.5) is 10.5 Å². The molecule has 1 aliphatic carbocycles. The van der Waals surface area contributed by atoms with Crippen molar-refractivity contribution in [3.8, 4) is 17.0 Å². The Labute approximate surface area is 202 Å². The van der Waals surface area contributed by atoms with Crippen molar-refractivity contribution in [2.75, 3.05) is 5.32 Å². The second-order valence-electron chi connectivity index (χ2n) is 8.56. The van der Waals surface area contributed by atoms with Crippen LogP contribution in [-0.4, -0.2) is 31.8 Å². The fraction of sp³-hybridized carbons (Fsp3) is 0.185. The highest BCUT2D eigenvalue weighted by molar-refractivity contribution is 6.04. The van der Waals surface area contributed by atoms with Crippen molar-refractivity contribution in [3.05, 3.63) is 95.9 Å². The van der Waals surface area contributed by atoms with Gasteiger partial charge in [0.15, 0.2) is 0 Å². The van der Waals surface area contributed by atoms with Crippen LogP contribution in [-0.2, 0) is 6.54 Å². The number of hydrogen-bond donors (Lipinski definition) is 3. The molecule has 0 unspecified atom stereocenters. The molecule has 4 aromatic rings. The molecule has 0 atom stereocenters. The molecule has 0 saturated heterocycles. The lowest BCUT2D eigenvalue weighted by atomic mass is 9.82. The molecule has 0 spiro atoms. The Morgan fingerprint density at radius 3 is 2.46 bits per heavy atom. The second kappa shape index (κ2) is 9.80. The van der Waals surface area contributed by atoms with Gasteiger partial charge in [0.2, 0.25) is 0 Å². The molecular weight excluding hydrogens is 442 g/mol. The van der Waals surface area contributed by atoms with E-state index in [2.05, 4.69) is 20.7 Å². The molecule has 8 heteroatoms. The van der Waals surface area contributed by atoms with Crippen LogP contribution in [0.2, 0.25) is 0 Å². The van der Waals surface area contributed by atoms with E-state index in [-0.39, 0.29) is 23.6 Å². The number of aromatic hydroxyl groups is 1. The van der Waals surface area contributed by atoms with E-state index in [1.807, 2.05) is 36.4 Å². The van der Waals surface area contributed by atoms with Crippen LogP contribution in [0.5, 0.6) is 5.75 Å². The third-order valence-electron chi connectivity index (χ3n) is 6.21. The first kappa shape index (κ1) is 22.3. The summed E-state index contributed by atoms with van der Waals surface area (Å²) in [5.41, 5.74) is 3.75. The van der Waals surface area contributed by atoms with E-state index < -0.39 is 0 Å². The summed E-state index contributed by atoms with van der Waals surface area (Å²) >= 11 is 0. The van der Waals surface area contributed by atoms with Gasteiger partial charge in [-0.1, -0.05) is 36.8 Å². The molecule has 0 bridgehead atoms. The number of carbonyl (C=O) groups excluding carboxylic acids is 2. The van der Waals surface area contributed by atoms with Gasteiger partial charge in [0.25, 0.3) is 5.91 Å². The molecule has 1 saturated carbocycles. The molecule has 2 amide bonds. The van der Waals surface area contributed by atoms with Gasteiger partial charge < -0.3 is 15.7 Å². The first-order valence-electron chi connectivity index (χ1n) is 11.6. The smallest absolute Gasteiger partial charge is 0.342 e. The molecular formula is C27H25N5O3. The Hall–Kier alpha value is -4.46. The zero-order chi connectivity index (χ0) is 24.2. The number of nitrogens with zero attached hydrogens (tertiary/aromatic N) is 3. The van der Waals surface area contributed by atoms with Gasteiger partial charge in [-0.25, -0.2) is 4.79 Å². The van der Waals surface area contributed by atoms with Crippen LogP contribution in [0.25, 0.3) is 11.3 Å². The molecule has 35 heavy (non-hydrogen) atoms. The van der Waals surface area contributed by atoms with Crippen molar-refractivity contribution in [2.24, 2.45) is 0 Å². The average molecular weight is 468 g/mol. The number of pyridine rings is 1. The lowest BCUT2D eigenvalue weighted by Gasteiger charge is -2.25. The second-order valence-corrected chi connectivity index (χ2v) is 8.56. The minimum atomic E-state index is -0.303. The maximum absolute atomic E-state index is 13.0. The number of phenols is 1. The average Bonchev–Trinajstić information content (AvgIpc) is 3.27. The number of nitrogens with one attached hydrogen (secondary N) is 2. The van der Waals surface area contributed by atoms with Crippen molar-refractivity contribution in [3.63, 3.8) is 0 Å². The van der Waals surface area contributed by atoms with Gasteiger partial charge in [-0.15, -0.1) is 0 Å². The normalized spacial score (nSPS) is 13.1. The van der Waals surface area contributed by atoms with E-state index in [4.69, 9.17) is 0 Å². The molecule has 1 fully saturated rings. The molecule has 2 heterocycles. The summed E-state index contributed by atoms with van der Waals surface area (Å²) in [5.74, 6) is -0.0713. The third-order valence-corrected chi connectivity index (χ3v) is 6.21. The molecule has 1 aliphatic rings. The van der Waals surface area contributed by atoms with Crippen molar-refractivity contribution in [1.29, 1.82) is 0 Å². The fourth-order valence-corrected chi connectivity index (χ4v) is 4.07. The van der Waals surface area contributed by atoms with E-state index in [1.165, 1.54) is 10.7 Å². The van der Waals surface area contributed by atoms with Gasteiger partial charge in [-0.05, 0) is 48.7 Å². The lowest BCUT2D eigenvalue weighted by molar-refractivity contribution is 0.102. The Balaban J connectivity index is 1.37. The number of anilines is 1. The predicted octanol–water partition coefficient (Wildman–Crippen LogP) is 4.93. The summed E-state index contributed by atoms with van der Waals surface area (Å²) in [5, 5.41) is 21.0. The Kier molecular flexibility index (Phi) is 6.26. The van der Waals surface area contributed by atoms with E-state index in [0.717, 1.165) is 30.5 Å². The van der Waals surface area contributed by atoms with Crippen molar-refractivity contribution in [1.82, 2.24) is 20.1 Å². The van der Waals surface area contributed by atoms with Crippen LogP contribution >= 0.6 is 0 Å². The summed E-state index contributed by atoms with van der Waals surface area (Å²) in [7, 11) is 0. The van der Waals surface area contributed by atoms with E-state index in [9.17, 15) is 14.7 Å². The summed E-state index contributed by atoms with van der Waals surface area (Å²) in [4.78, 5) is 29.3. The van der Waals surface area contributed by atoms with Gasteiger partial charge >= 0.3 is 6.03 Å². The minimum Gasteiger partial charge on any atom is -0.507 e. The van der Waals surface area contributed by atoms with Crippen LogP contribution in [0, 0.1) is 0 Å². The van der Waals surface area contributed by atoms with E-state index in [1.54, 1.807) is 36.7 Å². The lowest BCUT2D eigenvalue weighted by Crippen LogP contribution is -2.31. The number of aromatic nitrogens is 3. The van der Waals surface area contributed by atoms with Gasteiger partial charge in [-0.3, -0.25) is 9.78 Å². The van der Waals surface area contributed by atoms with Crippen LogP contribution < -0.4 is 10.6 Å². The Bertz CT molecular complexity index is 1350. The number of hydrogen-bond acceptors (Lipinski definition) is 5. The van der Waals surface area contributed by atoms with Gasteiger partial charge in [0.05, 0.1) is 11.4 Å². The number of carbonyl (C=O) groups is 2. The Morgan fingerprint density at radius 2 is 1.77 bits per heavy atom. The summed E-state index contributed by atoms with van der Waals surface area (Å²) in [6.07, 6.45) is 6.21. The van der Waals surface area contributed by atoms with E-state index >= 15 is 0 Å². The van der Waals surface area contributed by atoms with Crippen LogP contribution in [0.1, 0.15) is 46.8 Å². The summed E-state index contributed by atoms with van der Waals surface area (Å²) in [6.45, 7) is 0.399. The zero-order valence-corrected chi connectivity index (χ0v) is 19.0. The first-order valence-corrected chi connectivity index (χ1v) is 11.6. The third kappa shape index (κ3) is 4.91. The highest BCUT2D eigenvalue weighted by atomic mass is 16.3. The quantitative estimate of drug-likeness (QED) is 0.373. The number of rotatable bonds is 6. The topological polar surface area (TPSA) is 109 Å². The first-order chi connectivity index (χ1) is 17.1. The molecule has 176 valence electrons. The molecule has 2 aromatic heterocycles. The maximum atomic E-state index is 13.0. The van der Waals surface area contributed by atoms with Crippen LogP contribution in [0.3, 0.4) is 0 Å². The van der Waals surface area contributed by atoms with Crippen molar-refractivity contribution >= 4 is 17.6 Å². The monoisotopic (exact) mass is 467 g/mol. The predicted molar refractivity (Wildman–Crippen MR) is 132 cm³/mol. The van der Waals surface area contributed by atoms with Crippen LogP contribution in [0.15, 0.2) is 79.1 Å². The largest absolute Gasteiger partial charge is 0.507 e. The molecule has 0 aliphatic heterocycles. The number of benzene rings is 2. The van der Waals surface area contributed by atoms with E-state index in [0.29, 0.717) is 29.1 Å². The highest BCUT2D eigenvalue weighted by Gasteiger charge is 2.27.